The third-order valence-corrected chi connectivity index (χ3v) is 12.9. The molecule has 4 aliphatic rings. The smallest absolute Gasteiger partial charge is 0.137 e. The first-order valence-electron chi connectivity index (χ1n) is 23.1. The summed E-state index contributed by atoms with van der Waals surface area (Å²) in [6.45, 7) is 20.8. The van der Waals surface area contributed by atoms with E-state index in [-0.39, 0.29) is 10.8 Å². The van der Waals surface area contributed by atoms with Crippen LogP contribution in [0, 0.1) is 37.1 Å². The number of morpholine rings is 2. The number of fused-ring (bicyclic) bond motifs is 2. The van der Waals surface area contributed by atoms with Gasteiger partial charge in [0.05, 0.1) is 107 Å². The number of aromatic nitrogens is 4. The Morgan fingerprint density at radius 2 is 0.970 bits per heavy atom. The minimum Gasteiger partial charge on any atom is -0.378 e. The standard InChI is InChI=1S/C26H32F2N6O.C23H26F2N6O/c1-17(2)32-4-6-34(7-5-32)26-18(3)25(24-22(28)12-19(27)13-23(24)31-26)30-20-14-21(16-29-15-20)33-8-10-35-11-9-33;1-15-22(28-17-12-18(14-27-13-17)30-6-8-32-9-7-30)21-19(25)10-16(24)11-20(21)29-23(15)31-4-2-26-3-5-31/h12-17H,4-11H2,1-3H3,(H,30,31);10-14,26H,2-9H2,1H3,(H,28,29). The number of anilines is 8. The highest BCUT2D eigenvalue weighted by molar-refractivity contribution is 5.99. The average Bonchev–Trinajstić information content (AvgIpc) is 3.34. The molecule has 10 rings (SSSR count). The number of ether oxygens (including phenoxy) is 2. The zero-order chi connectivity index (χ0) is 46.6. The van der Waals surface area contributed by atoms with Crippen molar-refractivity contribution < 1.29 is 27.0 Å². The normalized spacial score (nSPS) is 17.3. The van der Waals surface area contributed by atoms with E-state index in [1.807, 2.05) is 38.4 Å². The topological polar surface area (TPSA) is 122 Å². The van der Waals surface area contributed by atoms with Crippen LogP contribution in [0.2, 0.25) is 0 Å². The average molecular weight is 923 g/mol. The second kappa shape index (κ2) is 20.4. The van der Waals surface area contributed by atoms with Crippen LogP contribution in [-0.2, 0) is 9.47 Å². The van der Waals surface area contributed by atoms with Gasteiger partial charge in [-0.2, -0.15) is 0 Å². The predicted octanol–water partition coefficient (Wildman–Crippen LogP) is 7.53. The van der Waals surface area contributed by atoms with E-state index in [9.17, 15) is 13.2 Å². The van der Waals surface area contributed by atoms with Gasteiger partial charge in [0.1, 0.15) is 34.9 Å². The summed E-state index contributed by atoms with van der Waals surface area (Å²) < 4.78 is 69.2. The maximum absolute atomic E-state index is 15.1. The Labute approximate surface area is 388 Å². The molecule has 67 heavy (non-hydrogen) atoms. The van der Waals surface area contributed by atoms with E-state index in [0.717, 1.165) is 136 Å². The number of halogens is 4. The molecule has 4 fully saturated rings. The summed E-state index contributed by atoms with van der Waals surface area (Å²) in [6.07, 6.45) is 7.07. The summed E-state index contributed by atoms with van der Waals surface area (Å²) in [7, 11) is 0. The van der Waals surface area contributed by atoms with Crippen LogP contribution in [-0.4, -0.2) is 136 Å². The van der Waals surface area contributed by atoms with Crippen molar-refractivity contribution in [1.82, 2.24) is 30.2 Å². The van der Waals surface area contributed by atoms with Crippen molar-refractivity contribution in [2.45, 2.75) is 33.7 Å². The van der Waals surface area contributed by atoms with E-state index in [2.05, 4.69) is 69.2 Å². The van der Waals surface area contributed by atoms with Gasteiger partial charge in [-0.1, -0.05) is 0 Å². The molecule has 8 heterocycles. The molecule has 3 N–H and O–H groups in total. The maximum Gasteiger partial charge on any atom is 0.137 e. The van der Waals surface area contributed by atoms with E-state index in [1.165, 1.54) is 12.1 Å². The molecule has 4 saturated heterocycles. The monoisotopic (exact) mass is 922 g/mol. The lowest BCUT2D eigenvalue weighted by Gasteiger charge is -2.38. The fourth-order valence-corrected chi connectivity index (χ4v) is 9.31. The fraction of sp³-hybridized carbons (Fsp3) is 0.429. The van der Waals surface area contributed by atoms with Crippen LogP contribution >= 0.6 is 0 Å². The van der Waals surface area contributed by atoms with Crippen LogP contribution in [0.1, 0.15) is 25.0 Å². The van der Waals surface area contributed by atoms with E-state index in [0.29, 0.717) is 54.9 Å². The SMILES string of the molecule is Cc1c(N2CCN(C(C)C)CC2)nc2cc(F)cc(F)c2c1Nc1cncc(N2CCOCC2)c1.Cc1c(N2CCNCC2)nc2cc(F)cc(F)c2c1Nc1cncc(N2CCOCC2)c1. The third-order valence-electron chi connectivity index (χ3n) is 12.9. The molecule has 2 aromatic carbocycles. The zero-order valence-electron chi connectivity index (χ0n) is 38.5. The van der Waals surface area contributed by atoms with Gasteiger partial charge in [0.2, 0.25) is 0 Å². The van der Waals surface area contributed by atoms with E-state index < -0.39 is 23.3 Å². The quantitative estimate of drug-likeness (QED) is 0.124. The molecule has 6 aromatic rings. The molecule has 0 saturated carbocycles. The highest BCUT2D eigenvalue weighted by Gasteiger charge is 2.26. The van der Waals surface area contributed by atoms with Gasteiger partial charge >= 0.3 is 0 Å². The Hall–Kier alpha value is -6.08. The van der Waals surface area contributed by atoms with Crippen LogP contribution in [0.25, 0.3) is 21.8 Å². The lowest BCUT2D eigenvalue weighted by molar-refractivity contribution is 0.122. The number of hydrogen-bond donors (Lipinski definition) is 3. The Bertz CT molecular complexity index is 2700. The zero-order valence-corrected chi connectivity index (χ0v) is 38.5. The summed E-state index contributed by atoms with van der Waals surface area (Å²) in [5, 5.41) is 10.7. The molecular formula is C49H58F4N12O2. The van der Waals surface area contributed by atoms with Gasteiger partial charge < -0.3 is 45.0 Å². The number of nitrogens with one attached hydrogen (secondary N) is 3. The molecule has 354 valence electrons. The first kappa shape index (κ1) is 46.0. The van der Waals surface area contributed by atoms with Crippen molar-refractivity contribution in [2.24, 2.45) is 0 Å². The largest absolute Gasteiger partial charge is 0.378 e. The van der Waals surface area contributed by atoms with Gasteiger partial charge in [0.25, 0.3) is 0 Å². The number of nitrogens with zero attached hydrogens (tertiary/aromatic N) is 9. The first-order chi connectivity index (χ1) is 32.5. The van der Waals surface area contributed by atoms with E-state index in [4.69, 9.17) is 14.5 Å². The second-order valence-electron chi connectivity index (χ2n) is 17.6. The van der Waals surface area contributed by atoms with Gasteiger partial charge in [-0.3, -0.25) is 14.9 Å². The van der Waals surface area contributed by atoms with Crippen molar-refractivity contribution in [3.8, 4) is 0 Å². The Kier molecular flexibility index (Phi) is 14.0. The number of benzene rings is 2. The summed E-state index contributed by atoms with van der Waals surface area (Å²) in [6, 6.07) is 8.90. The molecule has 0 bridgehead atoms. The summed E-state index contributed by atoms with van der Waals surface area (Å²) in [4.78, 5) is 29.4. The molecule has 4 aliphatic heterocycles. The van der Waals surface area contributed by atoms with Crippen molar-refractivity contribution in [3.05, 3.63) is 95.6 Å². The van der Waals surface area contributed by atoms with Gasteiger partial charge in [0.15, 0.2) is 0 Å². The van der Waals surface area contributed by atoms with E-state index >= 15 is 4.39 Å². The van der Waals surface area contributed by atoms with Gasteiger partial charge in [0, 0.05) is 120 Å². The number of pyridine rings is 4. The van der Waals surface area contributed by atoms with Crippen molar-refractivity contribution >= 4 is 67.6 Å². The Balaban J connectivity index is 0.000000169. The predicted molar refractivity (Wildman–Crippen MR) is 258 cm³/mol. The highest BCUT2D eigenvalue weighted by atomic mass is 19.1. The molecule has 18 heteroatoms. The lowest BCUT2D eigenvalue weighted by Crippen LogP contribution is -2.49. The first-order valence-corrected chi connectivity index (χ1v) is 23.1. The van der Waals surface area contributed by atoms with Gasteiger partial charge in [-0.05, 0) is 39.8 Å². The second-order valence-corrected chi connectivity index (χ2v) is 17.6. The minimum absolute atomic E-state index is 0.277. The molecule has 14 nitrogen and oxygen atoms in total. The van der Waals surface area contributed by atoms with Crippen LogP contribution in [0.5, 0.6) is 0 Å². The Morgan fingerprint density at radius 1 is 0.537 bits per heavy atom. The van der Waals surface area contributed by atoms with Crippen molar-refractivity contribution in [1.29, 1.82) is 0 Å². The van der Waals surface area contributed by atoms with Crippen LogP contribution in [0.4, 0.5) is 63.3 Å². The molecule has 0 unspecified atom stereocenters. The van der Waals surface area contributed by atoms with Gasteiger partial charge in [-0.15, -0.1) is 0 Å². The summed E-state index contributed by atoms with van der Waals surface area (Å²) in [5.74, 6) is -1.05. The molecule has 0 spiro atoms. The lowest BCUT2D eigenvalue weighted by atomic mass is 10.1. The van der Waals surface area contributed by atoms with Crippen molar-refractivity contribution in [2.75, 3.05) is 135 Å². The molecular weight excluding hydrogens is 865 g/mol. The summed E-state index contributed by atoms with van der Waals surface area (Å²) >= 11 is 0. The minimum atomic E-state index is -0.639. The van der Waals surface area contributed by atoms with E-state index in [1.54, 1.807) is 12.4 Å². The van der Waals surface area contributed by atoms with Crippen LogP contribution in [0.3, 0.4) is 0 Å². The Morgan fingerprint density at radius 3 is 1.40 bits per heavy atom. The molecule has 0 aliphatic carbocycles. The maximum atomic E-state index is 15.1. The third kappa shape index (κ3) is 10.3. The summed E-state index contributed by atoms with van der Waals surface area (Å²) in [5.41, 5.74) is 6.85. The fourth-order valence-electron chi connectivity index (χ4n) is 9.31. The molecule has 0 atom stereocenters. The number of hydrogen-bond acceptors (Lipinski definition) is 14. The van der Waals surface area contributed by atoms with Gasteiger partial charge in [-0.25, -0.2) is 27.5 Å². The van der Waals surface area contributed by atoms with Crippen LogP contribution in [0.15, 0.2) is 61.2 Å². The molecule has 4 aromatic heterocycles. The van der Waals surface area contributed by atoms with Crippen LogP contribution < -0.4 is 35.6 Å². The number of rotatable bonds is 9. The molecule has 0 radical (unpaired) electrons. The molecule has 0 amide bonds. The van der Waals surface area contributed by atoms with Crippen molar-refractivity contribution in [3.63, 3.8) is 0 Å². The highest BCUT2D eigenvalue weighted by Crippen LogP contribution is 2.39. The number of piperazine rings is 2.